The molecule has 0 aromatic rings. The molecular formula is C50H97NO5. The lowest BCUT2D eigenvalue weighted by atomic mass is 9.87. The number of esters is 2. The number of hydrogen-bond acceptors (Lipinski definition) is 6. The summed E-state index contributed by atoms with van der Waals surface area (Å²) in [6.45, 7) is 15.1. The Kier molecular flexibility index (Phi) is 33.8. The molecule has 0 amide bonds. The van der Waals surface area contributed by atoms with E-state index in [1.165, 1.54) is 148 Å². The highest BCUT2D eigenvalue weighted by Crippen LogP contribution is 2.53. The molecule has 0 radical (unpaired) electrons. The van der Waals surface area contributed by atoms with E-state index in [9.17, 15) is 14.7 Å². The van der Waals surface area contributed by atoms with Crippen LogP contribution in [0.5, 0.6) is 0 Å². The van der Waals surface area contributed by atoms with Crippen LogP contribution in [0.4, 0.5) is 0 Å². The van der Waals surface area contributed by atoms with Crippen LogP contribution in [0.15, 0.2) is 0 Å². The van der Waals surface area contributed by atoms with Gasteiger partial charge in [-0.25, -0.2) is 0 Å². The van der Waals surface area contributed by atoms with Gasteiger partial charge in [0.25, 0.3) is 0 Å². The molecule has 0 bridgehead atoms. The van der Waals surface area contributed by atoms with Gasteiger partial charge in [-0.2, -0.15) is 0 Å². The molecule has 0 aromatic heterocycles. The molecule has 0 aliphatic heterocycles. The quantitative estimate of drug-likeness (QED) is 0.0490. The molecule has 0 unspecified atom stereocenters. The number of ether oxygens (including phenoxy) is 2. The number of hydrogen-bond donors (Lipinski definition) is 1. The first-order valence-electron chi connectivity index (χ1n) is 24.9. The summed E-state index contributed by atoms with van der Waals surface area (Å²) in [7, 11) is 0. The third-order valence-electron chi connectivity index (χ3n) is 12.8. The highest BCUT2D eigenvalue weighted by atomic mass is 16.5. The van der Waals surface area contributed by atoms with E-state index in [-0.39, 0.29) is 24.6 Å². The molecule has 0 spiro atoms. The normalized spacial score (nSPS) is 13.9. The van der Waals surface area contributed by atoms with Gasteiger partial charge in [0.1, 0.15) is 6.10 Å². The van der Waals surface area contributed by atoms with Gasteiger partial charge in [-0.15, -0.1) is 0 Å². The van der Waals surface area contributed by atoms with E-state index in [4.69, 9.17) is 9.47 Å². The maximum absolute atomic E-state index is 12.9. The molecule has 1 fully saturated rings. The Hall–Kier alpha value is -1.14. The van der Waals surface area contributed by atoms with Crippen LogP contribution in [0.3, 0.4) is 0 Å². The SMILES string of the molecule is CCCCCCCCCOC(=O)C(C)(C)CCCCCCN(CCCCO)CCC1(CCCCC(=O)OC(CCCCCCCC)CCCCCCCC)CC1. The second-order valence-corrected chi connectivity index (χ2v) is 18.8. The second-order valence-electron chi connectivity index (χ2n) is 18.8. The summed E-state index contributed by atoms with van der Waals surface area (Å²) >= 11 is 0. The van der Waals surface area contributed by atoms with E-state index in [2.05, 4.69) is 25.7 Å². The monoisotopic (exact) mass is 792 g/mol. The van der Waals surface area contributed by atoms with Gasteiger partial charge < -0.3 is 19.5 Å². The molecule has 332 valence electrons. The first-order valence-corrected chi connectivity index (χ1v) is 24.9. The minimum absolute atomic E-state index is 0.0290. The van der Waals surface area contributed by atoms with Crippen molar-refractivity contribution in [2.45, 2.75) is 265 Å². The van der Waals surface area contributed by atoms with Crippen LogP contribution in [0.2, 0.25) is 0 Å². The molecule has 6 heteroatoms. The third kappa shape index (κ3) is 30.0. The standard InChI is InChI=1S/C50H97NO5/c1-6-9-12-15-18-23-32-45-55-48(54)49(4,5)36-27-21-22-29-41-51(42-30-31-44-52)43-40-50(38-39-50)37-28-26-35-47(53)56-46(33-24-19-16-13-10-7-2)34-25-20-17-14-11-8-3/h46,52H,6-45H2,1-5H3. The first kappa shape index (κ1) is 52.9. The van der Waals surface area contributed by atoms with Crippen molar-refractivity contribution in [3.63, 3.8) is 0 Å². The maximum Gasteiger partial charge on any atom is 0.311 e. The molecular weight excluding hydrogens is 695 g/mol. The fraction of sp³-hybridized carbons (Fsp3) is 0.960. The van der Waals surface area contributed by atoms with Crippen molar-refractivity contribution in [2.24, 2.45) is 10.8 Å². The van der Waals surface area contributed by atoms with Crippen LogP contribution in [0.1, 0.15) is 259 Å². The summed E-state index contributed by atoms with van der Waals surface area (Å²) in [6.07, 6.45) is 41.5. The molecule has 0 saturated heterocycles. The predicted molar refractivity (Wildman–Crippen MR) is 239 cm³/mol. The lowest BCUT2D eigenvalue weighted by Crippen LogP contribution is -2.29. The van der Waals surface area contributed by atoms with Crippen molar-refractivity contribution in [3.05, 3.63) is 0 Å². The average molecular weight is 792 g/mol. The van der Waals surface area contributed by atoms with Gasteiger partial charge in [0, 0.05) is 13.0 Å². The minimum atomic E-state index is -0.404. The van der Waals surface area contributed by atoms with Crippen LogP contribution in [-0.4, -0.2) is 60.9 Å². The third-order valence-corrected chi connectivity index (χ3v) is 12.8. The lowest BCUT2D eigenvalue weighted by molar-refractivity contribution is -0.154. The van der Waals surface area contributed by atoms with Gasteiger partial charge in [0.2, 0.25) is 0 Å². The number of carbonyl (C=O) groups excluding carboxylic acids is 2. The molecule has 1 aliphatic carbocycles. The number of unbranched alkanes of at least 4 members (excludes halogenated alkanes) is 21. The van der Waals surface area contributed by atoms with E-state index >= 15 is 0 Å². The van der Waals surface area contributed by atoms with Gasteiger partial charge >= 0.3 is 11.9 Å². The van der Waals surface area contributed by atoms with Crippen LogP contribution < -0.4 is 0 Å². The van der Waals surface area contributed by atoms with Gasteiger partial charge in [-0.3, -0.25) is 9.59 Å². The van der Waals surface area contributed by atoms with E-state index in [1.54, 1.807) is 0 Å². The number of rotatable bonds is 43. The van der Waals surface area contributed by atoms with Gasteiger partial charge in [0.05, 0.1) is 12.0 Å². The molecule has 1 rings (SSSR count). The van der Waals surface area contributed by atoms with Gasteiger partial charge in [-0.1, -0.05) is 149 Å². The average Bonchev–Trinajstić information content (AvgIpc) is 3.96. The maximum atomic E-state index is 12.9. The van der Waals surface area contributed by atoms with Crippen LogP contribution in [0, 0.1) is 10.8 Å². The second kappa shape index (κ2) is 35.8. The molecule has 0 heterocycles. The molecule has 0 atom stereocenters. The van der Waals surface area contributed by atoms with E-state index in [0.717, 1.165) is 90.3 Å². The Labute approximate surface area is 349 Å². The number of aliphatic hydroxyl groups excluding tert-OH is 1. The molecule has 1 aliphatic rings. The minimum Gasteiger partial charge on any atom is -0.465 e. The molecule has 6 nitrogen and oxygen atoms in total. The smallest absolute Gasteiger partial charge is 0.311 e. The summed E-state index contributed by atoms with van der Waals surface area (Å²) in [5.74, 6) is 0.00731. The first-order chi connectivity index (χ1) is 27.2. The number of aliphatic hydroxyl groups is 1. The topological polar surface area (TPSA) is 76.1 Å². The van der Waals surface area contributed by atoms with Gasteiger partial charge in [0.15, 0.2) is 0 Å². The zero-order valence-electron chi connectivity index (χ0n) is 38.4. The van der Waals surface area contributed by atoms with Crippen molar-refractivity contribution >= 4 is 11.9 Å². The molecule has 0 aromatic carbocycles. The van der Waals surface area contributed by atoms with Gasteiger partial charge in [-0.05, 0) is 129 Å². The zero-order chi connectivity index (χ0) is 41.0. The highest BCUT2D eigenvalue weighted by Gasteiger charge is 2.41. The van der Waals surface area contributed by atoms with Crippen molar-refractivity contribution < 1.29 is 24.2 Å². The largest absolute Gasteiger partial charge is 0.465 e. The fourth-order valence-corrected chi connectivity index (χ4v) is 8.34. The van der Waals surface area contributed by atoms with E-state index < -0.39 is 5.41 Å². The van der Waals surface area contributed by atoms with Crippen molar-refractivity contribution in [1.82, 2.24) is 4.90 Å². The van der Waals surface area contributed by atoms with Crippen molar-refractivity contribution in [2.75, 3.05) is 32.8 Å². The Morgan fingerprint density at radius 2 is 1.09 bits per heavy atom. The zero-order valence-corrected chi connectivity index (χ0v) is 38.4. The van der Waals surface area contributed by atoms with Crippen molar-refractivity contribution in [3.8, 4) is 0 Å². The summed E-state index contributed by atoms with van der Waals surface area (Å²) < 4.78 is 11.8. The van der Waals surface area contributed by atoms with Crippen LogP contribution in [0.25, 0.3) is 0 Å². The summed E-state index contributed by atoms with van der Waals surface area (Å²) in [6, 6.07) is 0. The Balaban J connectivity index is 2.34. The fourth-order valence-electron chi connectivity index (χ4n) is 8.34. The Morgan fingerprint density at radius 3 is 1.64 bits per heavy atom. The summed E-state index contributed by atoms with van der Waals surface area (Å²) in [4.78, 5) is 28.3. The van der Waals surface area contributed by atoms with Crippen LogP contribution >= 0.6 is 0 Å². The Bertz CT molecular complexity index is 886. The predicted octanol–water partition coefficient (Wildman–Crippen LogP) is 14.5. The van der Waals surface area contributed by atoms with E-state index in [1.807, 2.05) is 13.8 Å². The summed E-state index contributed by atoms with van der Waals surface area (Å²) in [5.41, 5.74) is 0.0747. The van der Waals surface area contributed by atoms with Crippen molar-refractivity contribution in [1.29, 1.82) is 0 Å². The molecule has 1 N–H and O–H groups in total. The summed E-state index contributed by atoms with van der Waals surface area (Å²) in [5, 5.41) is 9.41. The van der Waals surface area contributed by atoms with Crippen LogP contribution in [-0.2, 0) is 19.1 Å². The Morgan fingerprint density at radius 1 is 0.589 bits per heavy atom. The van der Waals surface area contributed by atoms with E-state index in [0.29, 0.717) is 18.4 Å². The highest BCUT2D eigenvalue weighted by molar-refractivity contribution is 5.75. The molecule has 56 heavy (non-hydrogen) atoms. The number of nitrogens with zero attached hydrogens (tertiary/aromatic N) is 1. The lowest BCUT2D eigenvalue weighted by Gasteiger charge is -2.25. The number of carbonyl (C=O) groups is 2. The molecule has 1 saturated carbocycles.